The number of nitrogens with zero attached hydrogens (tertiary/aromatic N) is 2. The Balaban J connectivity index is 1.77. The van der Waals surface area contributed by atoms with Gasteiger partial charge in [-0.15, -0.1) is 0 Å². The summed E-state index contributed by atoms with van der Waals surface area (Å²) in [5.41, 5.74) is 1.17. The van der Waals surface area contributed by atoms with Gasteiger partial charge in [-0.1, -0.05) is 0 Å². The first-order chi connectivity index (χ1) is 11.5. The topological polar surface area (TPSA) is 87.2 Å². The van der Waals surface area contributed by atoms with Gasteiger partial charge in [0, 0.05) is 44.3 Å². The van der Waals surface area contributed by atoms with E-state index in [0.29, 0.717) is 18.5 Å². The fourth-order valence-corrected chi connectivity index (χ4v) is 3.30. The van der Waals surface area contributed by atoms with Crippen LogP contribution in [0.25, 0.3) is 0 Å². The molecule has 1 aromatic carbocycles. The highest BCUT2D eigenvalue weighted by molar-refractivity contribution is 5.99. The number of benzene rings is 1. The Morgan fingerprint density at radius 3 is 2.50 bits per heavy atom. The summed E-state index contributed by atoms with van der Waals surface area (Å²) in [5, 5.41) is 9.32. The molecule has 7 heteroatoms. The van der Waals surface area contributed by atoms with Crippen molar-refractivity contribution in [2.75, 3.05) is 25.1 Å². The van der Waals surface area contributed by atoms with Crippen molar-refractivity contribution in [3.05, 3.63) is 29.8 Å². The van der Waals surface area contributed by atoms with Crippen molar-refractivity contribution in [3.63, 3.8) is 0 Å². The zero-order valence-electron chi connectivity index (χ0n) is 13.5. The molecule has 1 aromatic rings. The van der Waals surface area contributed by atoms with E-state index in [2.05, 4.69) is 0 Å². The molecule has 2 fully saturated rings. The molecule has 0 saturated carbocycles. The largest absolute Gasteiger partial charge is 0.480 e. The smallest absolute Gasteiger partial charge is 0.326 e. The lowest BCUT2D eigenvalue weighted by Gasteiger charge is -2.22. The number of rotatable bonds is 4. The predicted molar refractivity (Wildman–Crippen MR) is 85.9 cm³/mol. The number of carbonyl (C=O) groups excluding carboxylic acids is 2. The fourth-order valence-electron chi connectivity index (χ4n) is 3.30. The zero-order valence-corrected chi connectivity index (χ0v) is 13.5. The van der Waals surface area contributed by atoms with Crippen molar-refractivity contribution < 1.29 is 24.2 Å². The Labute approximate surface area is 139 Å². The molecule has 2 amide bonds. The van der Waals surface area contributed by atoms with E-state index in [-0.39, 0.29) is 30.9 Å². The molecule has 0 radical (unpaired) electrons. The Kier molecular flexibility index (Phi) is 4.53. The van der Waals surface area contributed by atoms with Crippen molar-refractivity contribution in [1.29, 1.82) is 0 Å². The van der Waals surface area contributed by atoms with Crippen molar-refractivity contribution in [2.24, 2.45) is 0 Å². The highest BCUT2D eigenvalue weighted by Crippen LogP contribution is 2.25. The molecule has 2 unspecified atom stereocenters. The molecule has 2 atom stereocenters. The summed E-state index contributed by atoms with van der Waals surface area (Å²) in [4.78, 5) is 38.8. The van der Waals surface area contributed by atoms with Gasteiger partial charge in [-0.2, -0.15) is 0 Å². The molecule has 3 rings (SSSR count). The predicted octanol–water partition coefficient (Wildman–Crippen LogP) is 1.13. The summed E-state index contributed by atoms with van der Waals surface area (Å²) in [5.74, 6) is -1.27. The summed E-state index contributed by atoms with van der Waals surface area (Å²) in [6, 6.07) is 5.87. The molecule has 128 valence electrons. The monoisotopic (exact) mass is 332 g/mol. The molecule has 0 bridgehead atoms. The van der Waals surface area contributed by atoms with Crippen LogP contribution in [-0.4, -0.2) is 60.1 Å². The van der Waals surface area contributed by atoms with Crippen LogP contribution in [0.2, 0.25) is 0 Å². The lowest BCUT2D eigenvalue weighted by molar-refractivity contribution is -0.141. The van der Waals surface area contributed by atoms with Crippen LogP contribution in [0.5, 0.6) is 0 Å². The second-order valence-electron chi connectivity index (χ2n) is 6.10. The molecule has 2 aliphatic heterocycles. The number of likely N-dealkylation sites (tertiary alicyclic amines) is 1. The van der Waals surface area contributed by atoms with Gasteiger partial charge in [-0.25, -0.2) is 4.79 Å². The highest BCUT2D eigenvalue weighted by atomic mass is 16.5. The summed E-state index contributed by atoms with van der Waals surface area (Å²) in [7, 11) is 1.51. The minimum Gasteiger partial charge on any atom is -0.480 e. The van der Waals surface area contributed by atoms with Gasteiger partial charge in [0.2, 0.25) is 5.91 Å². The van der Waals surface area contributed by atoms with E-state index in [9.17, 15) is 19.5 Å². The average molecular weight is 332 g/mol. The van der Waals surface area contributed by atoms with E-state index in [0.717, 1.165) is 12.1 Å². The van der Waals surface area contributed by atoms with Gasteiger partial charge in [0.15, 0.2) is 0 Å². The number of anilines is 1. The Hall–Kier alpha value is -2.41. The minimum absolute atomic E-state index is 0.0856. The molecule has 0 aliphatic carbocycles. The Morgan fingerprint density at radius 1 is 1.25 bits per heavy atom. The van der Waals surface area contributed by atoms with Crippen LogP contribution >= 0.6 is 0 Å². The number of hydrogen-bond donors (Lipinski definition) is 1. The maximum atomic E-state index is 12.6. The first-order valence-electron chi connectivity index (χ1n) is 7.98. The SMILES string of the molecule is COC1CC(C(=O)O)N(C(=O)c2ccc(N3CCCC3=O)cc2)C1. The Morgan fingerprint density at radius 2 is 1.96 bits per heavy atom. The zero-order chi connectivity index (χ0) is 17.3. The number of carboxylic acids is 1. The van der Waals surface area contributed by atoms with Crippen molar-refractivity contribution in [3.8, 4) is 0 Å². The van der Waals surface area contributed by atoms with Gasteiger partial charge >= 0.3 is 5.97 Å². The molecule has 2 heterocycles. The molecule has 0 spiro atoms. The van der Waals surface area contributed by atoms with E-state index < -0.39 is 12.0 Å². The molecular weight excluding hydrogens is 312 g/mol. The number of hydrogen-bond acceptors (Lipinski definition) is 4. The second kappa shape index (κ2) is 6.60. The van der Waals surface area contributed by atoms with Crippen molar-refractivity contribution in [2.45, 2.75) is 31.4 Å². The summed E-state index contributed by atoms with van der Waals surface area (Å²) >= 11 is 0. The van der Waals surface area contributed by atoms with E-state index in [4.69, 9.17) is 4.74 Å². The number of ether oxygens (including phenoxy) is 1. The van der Waals surface area contributed by atoms with Gasteiger partial charge in [-0.3, -0.25) is 9.59 Å². The standard InChI is InChI=1S/C17H20N2O5/c1-24-13-9-14(17(22)23)19(10-13)16(21)11-4-6-12(7-5-11)18-8-2-3-15(18)20/h4-7,13-14H,2-3,8-10H2,1H3,(H,22,23). The van der Waals surface area contributed by atoms with E-state index in [1.165, 1.54) is 12.0 Å². The normalized spacial score (nSPS) is 23.8. The number of aliphatic carboxylic acids is 1. The molecule has 7 nitrogen and oxygen atoms in total. The molecule has 2 aliphatic rings. The summed E-state index contributed by atoms with van der Waals surface area (Å²) in [6.07, 6.45) is 1.41. The first-order valence-corrected chi connectivity index (χ1v) is 7.98. The van der Waals surface area contributed by atoms with Crippen LogP contribution in [0.15, 0.2) is 24.3 Å². The molecule has 0 aromatic heterocycles. The molecule has 1 N–H and O–H groups in total. The Bertz CT molecular complexity index is 657. The van der Waals surface area contributed by atoms with Crippen LogP contribution < -0.4 is 4.90 Å². The number of carbonyl (C=O) groups is 3. The minimum atomic E-state index is -1.03. The number of methoxy groups -OCH3 is 1. The van der Waals surface area contributed by atoms with Gasteiger partial charge in [0.05, 0.1) is 6.10 Å². The highest BCUT2D eigenvalue weighted by Gasteiger charge is 2.40. The lowest BCUT2D eigenvalue weighted by atomic mass is 10.1. The van der Waals surface area contributed by atoms with Gasteiger partial charge in [-0.05, 0) is 30.7 Å². The van der Waals surface area contributed by atoms with E-state index in [1.54, 1.807) is 29.2 Å². The van der Waals surface area contributed by atoms with Gasteiger partial charge in [0.1, 0.15) is 6.04 Å². The first kappa shape index (κ1) is 16.4. The van der Waals surface area contributed by atoms with E-state index in [1.807, 2.05) is 0 Å². The van der Waals surface area contributed by atoms with Crippen LogP contribution in [0.3, 0.4) is 0 Å². The fraction of sp³-hybridized carbons (Fsp3) is 0.471. The molecule has 24 heavy (non-hydrogen) atoms. The summed E-state index contributed by atoms with van der Waals surface area (Å²) in [6.45, 7) is 0.952. The van der Waals surface area contributed by atoms with Crippen LogP contribution in [0, 0.1) is 0 Å². The quantitative estimate of drug-likeness (QED) is 0.893. The molecule has 2 saturated heterocycles. The van der Waals surface area contributed by atoms with Crippen LogP contribution in [-0.2, 0) is 14.3 Å². The van der Waals surface area contributed by atoms with Crippen molar-refractivity contribution >= 4 is 23.5 Å². The van der Waals surface area contributed by atoms with Crippen LogP contribution in [0.4, 0.5) is 5.69 Å². The third-order valence-electron chi connectivity index (χ3n) is 4.64. The number of carboxylic acid groups (broad SMARTS) is 1. The van der Waals surface area contributed by atoms with Crippen LogP contribution in [0.1, 0.15) is 29.6 Å². The maximum Gasteiger partial charge on any atom is 0.326 e. The number of amides is 2. The average Bonchev–Trinajstić information content (AvgIpc) is 3.20. The third-order valence-corrected chi connectivity index (χ3v) is 4.64. The summed E-state index contributed by atoms with van der Waals surface area (Å²) < 4.78 is 5.20. The molecular formula is C17H20N2O5. The van der Waals surface area contributed by atoms with Crippen molar-refractivity contribution in [1.82, 2.24) is 4.90 Å². The van der Waals surface area contributed by atoms with E-state index >= 15 is 0 Å². The maximum absolute atomic E-state index is 12.6. The lowest BCUT2D eigenvalue weighted by Crippen LogP contribution is -2.40. The third kappa shape index (κ3) is 2.99. The van der Waals surface area contributed by atoms with Gasteiger partial charge in [0.25, 0.3) is 5.91 Å². The second-order valence-corrected chi connectivity index (χ2v) is 6.10. The van der Waals surface area contributed by atoms with Gasteiger partial charge < -0.3 is 19.6 Å².